The molecule has 0 aliphatic rings. The fraction of sp³-hybridized carbons (Fsp3) is 0.143. The van der Waals surface area contributed by atoms with Crippen LogP contribution in [-0.4, -0.2) is 36.4 Å². The van der Waals surface area contributed by atoms with Crippen molar-refractivity contribution in [2.75, 3.05) is 0 Å². The number of nitrogens with zero attached hydrogens (tertiary/aromatic N) is 4. The zero-order valence-corrected chi connectivity index (χ0v) is 12.7. The van der Waals surface area contributed by atoms with Crippen molar-refractivity contribution < 1.29 is 0 Å². The van der Waals surface area contributed by atoms with Crippen LogP contribution in [0.5, 0.6) is 0 Å². The molecule has 0 unspecified atom stereocenters. The number of hydrogen-bond acceptors (Lipinski definition) is 4. The molecule has 6 heteroatoms. The van der Waals surface area contributed by atoms with Gasteiger partial charge < -0.3 is 0 Å². The van der Waals surface area contributed by atoms with E-state index >= 15 is 0 Å². The fourth-order valence-electron chi connectivity index (χ4n) is 1.45. The van der Waals surface area contributed by atoms with Crippen molar-refractivity contribution in [1.82, 2.24) is 15.4 Å². The molecule has 5 nitrogen and oxygen atoms in total. The second-order valence-electron chi connectivity index (χ2n) is 3.97. The minimum absolute atomic E-state index is 0.508. The molecule has 0 saturated heterocycles. The summed E-state index contributed by atoms with van der Waals surface area (Å²) in [6.07, 6.45) is 3.49. The van der Waals surface area contributed by atoms with Gasteiger partial charge in [-0.3, -0.25) is 0 Å². The molecule has 0 bridgehead atoms. The Kier molecular flexibility index (Phi) is 5.41. The monoisotopic (exact) mass is 332 g/mol. The van der Waals surface area contributed by atoms with E-state index in [4.69, 9.17) is 0 Å². The van der Waals surface area contributed by atoms with E-state index in [2.05, 4.69) is 41.5 Å². The van der Waals surface area contributed by atoms with Crippen LogP contribution < -0.4 is 5.43 Å². The first-order chi connectivity index (χ1) is 9.75. The first-order valence-corrected chi connectivity index (χ1v) is 6.94. The van der Waals surface area contributed by atoms with Gasteiger partial charge in [0.25, 0.3) is 0 Å². The molecular weight excluding hydrogens is 317 g/mol. The molecule has 20 heavy (non-hydrogen) atoms. The van der Waals surface area contributed by atoms with Gasteiger partial charge >= 0.3 is 126 Å². The zero-order valence-electron chi connectivity index (χ0n) is 11.0. The Morgan fingerprint density at radius 3 is 2.55 bits per heavy atom. The Labute approximate surface area is 126 Å². The minimum atomic E-state index is 0.508. The van der Waals surface area contributed by atoms with Crippen molar-refractivity contribution in [2.24, 2.45) is 10.1 Å². The van der Waals surface area contributed by atoms with Crippen molar-refractivity contribution in [3.8, 4) is 0 Å². The Hall–Kier alpha value is -2.04. The molecule has 2 rings (SSSR count). The van der Waals surface area contributed by atoms with Gasteiger partial charge in [0, 0.05) is 0 Å². The summed E-state index contributed by atoms with van der Waals surface area (Å²) in [5.74, 6) is 0. The molecule has 0 aliphatic carbocycles. The van der Waals surface area contributed by atoms with Crippen molar-refractivity contribution in [2.45, 2.75) is 13.5 Å². The normalized spacial score (nSPS) is 12.2. The van der Waals surface area contributed by atoms with Gasteiger partial charge in [-0.15, -0.1) is 0 Å². The summed E-state index contributed by atoms with van der Waals surface area (Å²) in [4.78, 5) is 12.7. The van der Waals surface area contributed by atoms with Gasteiger partial charge in [0.1, 0.15) is 0 Å². The predicted octanol–water partition coefficient (Wildman–Crippen LogP) is 1.51. The van der Waals surface area contributed by atoms with Crippen LogP contribution in [0.2, 0.25) is 0 Å². The summed E-state index contributed by atoms with van der Waals surface area (Å²) in [6.45, 7) is 2.40. The van der Waals surface area contributed by atoms with E-state index < -0.39 is 0 Å². The second kappa shape index (κ2) is 7.52. The number of aromatic nitrogens is 2. The summed E-state index contributed by atoms with van der Waals surface area (Å²) in [5.41, 5.74) is 5.40. The number of rotatable bonds is 4. The summed E-state index contributed by atoms with van der Waals surface area (Å²) < 4.78 is 0.617. The van der Waals surface area contributed by atoms with Crippen molar-refractivity contribution in [3.63, 3.8) is 0 Å². The summed E-state index contributed by atoms with van der Waals surface area (Å²) in [7, 11) is 0. The number of aliphatic imine (C=N–C) groups is 1. The molecular formula is C14H14N5Se. The molecule has 101 valence electrons. The number of nitrogens with one attached hydrogen (secondary N) is 1. The Bertz CT molecular complexity index is 595. The van der Waals surface area contributed by atoms with E-state index in [1.807, 2.05) is 43.3 Å². The SMILES string of the molecule is CC(=NNC([Se])=NCc1ccccn1)c1ccccn1. The van der Waals surface area contributed by atoms with E-state index in [1.54, 1.807) is 12.4 Å². The van der Waals surface area contributed by atoms with E-state index in [1.165, 1.54) is 0 Å². The standard InChI is InChI=1S/C14H14N5Se/c1-11(13-7-3-5-9-16-13)18-19-14(20)17-10-12-6-2-4-8-15-12/h2-9H,10H2,1H3,(H,17,19). The molecule has 1 N–H and O–H groups in total. The van der Waals surface area contributed by atoms with Gasteiger partial charge in [0.2, 0.25) is 0 Å². The predicted molar refractivity (Wildman–Crippen MR) is 80.7 cm³/mol. The third kappa shape index (κ3) is 4.57. The van der Waals surface area contributed by atoms with Crippen LogP contribution in [0.4, 0.5) is 0 Å². The molecule has 0 aliphatic heterocycles. The molecule has 0 saturated carbocycles. The first-order valence-electron chi connectivity index (χ1n) is 6.09. The Morgan fingerprint density at radius 2 is 1.90 bits per heavy atom. The van der Waals surface area contributed by atoms with Crippen LogP contribution in [0.3, 0.4) is 0 Å². The fourth-order valence-corrected chi connectivity index (χ4v) is 1.68. The molecule has 2 aromatic heterocycles. The first kappa shape index (κ1) is 14.4. The van der Waals surface area contributed by atoms with Crippen LogP contribution in [0.1, 0.15) is 18.3 Å². The Morgan fingerprint density at radius 1 is 1.15 bits per heavy atom. The van der Waals surface area contributed by atoms with E-state index in [0.717, 1.165) is 17.1 Å². The molecule has 0 fully saturated rings. The number of pyridine rings is 2. The van der Waals surface area contributed by atoms with Crippen molar-refractivity contribution in [3.05, 3.63) is 60.2 Å². The van der Waals surface area contributed by atoms with Gasteiger partial charge in [-0.25, -0.2) is 0 Å². The van der Waals surface area contributed by atoms with E-state index in [-0.39, 0.29) is 0 Å². The van der Waals surface area contributed by atoms with Gasteiger partial charge in [0.15, 0.2) is 0 Å². The average molecular weight is 331 g/mol. The number of amidine groups is 1. The molecule has 0 aromatic carbocycles. The molecule has 1 radical (unpaired) electrons. The third-order valence-electron chi connectivity index (χ3n) is 2.47. The summed E-state index contributed by atoms with van der Waals surface area (Å²) in [6, 6.07) is 11.5. The third-order valence-corrected chi connectivity index (χ3v) is 2.93. The van der Waals surface area contributed by atoms with Gasteiger partial charge in [-0.1, -0.05) is 0 Å². The van der Waals surface area contributed by atoms with Crippen LogP contribution >= 0.6 is 0 Å². The van der Waals surface area contributed by atoms with Crippen LogP contribution in [0, 0.1) is 0 Å². The topological polar surface area (TPSA) is 62.5 Å². The number of hydrogen-bond donors (Lipinski definition) is 1. The Balaban J connectivity index is 1.93. The van der Waals surface area contributed by atoms with Crippen LogP contribution in [0.15, 0.2) is 58.9 Å². The summed E-state index contributed by atoms with van der Waals surface area (Å²) >= 11 is 2.84. The second-order valence-corrected chi connectivity index (χ2v) is 4.78. The molecule has 2 aromatic rings. The maximum atomic E-state index is 4.32. The molecule has 0 amide bonds. The van der Waals surface area contributed by atoms with E-state index in [9.17, 15) is 0 Å². The molecule has 0 atom stereocenters. The van der Waals surface area contributed by atoms with E-state index in [0.29, 0.717) is 11.3 Å². The van der Waals surface area contributed by atoms with Crippen molar-refractivity contribution in [1.29, 1.82) is 0 Å². The maximum absolute atomic E-state index is 4.32. The van der Waals surface area contributed by atoms with Gasteiger partial charge in [-0.05, 0) is 0 Å². The van der Waals surface area contributed by atoms with Crippen LogP contribution in [0.25, 0.3) is 0 Å². The average Bonchev–Trinajstić information content (AvgIpc) is 2.52. The summed E-state index contributed by atoms with van der Waals surface area (Å²) in [5, 5.41) is 4.23. The molecule has 0 spiro atoms. The van der Waals surface area contributed by atoms with Gasteiger partial charge in [-0.2, -0.15) is 0 Å². The van der Waals surface area contributed by atoms with Crippen LogP contribution in [-0.2, 0) is 6.54 Å². The quantitative estimate of drug-likeness (QED) is 0.400. The molecule has 2 heterocycles. The van der Waals surface area contributed by atoms with Crippen molar-refractivity contribution >= 4 is 26.5 Å². The van der Waals surface area contributed by atoms with Gasteiger partial charge in [0.05, 0.1) is 0 Å². The zero-order chi connectivity index (χ0) is 14.2. The number of hydrazone groups is 1.